The van der Waals surface area contributed by atoms with E-state index in [0.29, 0.717) is 26.9 Å². The Morgan fingerprint density at radius 3 is 2.15 bits per heavy atom. The predicted octanol–water partition coefficient (Wildman–Crippen LogP) is 3.26. The van der Waals surface area contributed by atoms with Crippen molar-refractivity contribution < 1.29 is 19.2 Å². The molecule has 0 atom stereocenters. The largest absolute Gasteiger partial charge is 0.295 e. The molecule has 0 fully saturated rings. The van der Waals surface area contributed by atoms with Gasteiger partial charge in [-0.1, -0.05) is 15.9 Å². The first-order valence-electron chi connectivity index (χ1n) is 7.84. The second-order valence-corrected chi connectivity index (χ2v) is 6.84. The summed E-state index contributed by atoms with van der Waals surface area (Å²) in [5.74, 6) is -1.29. The maximum atomic E-state index is 12.6. The number of amides is 3. The van der Waals surface area contributed by atoms with Crippen LogP contribution >= 0.6 is 15.9 Å². The van der Waals surface area contributed by atoms with Crippen molar-refractivity contribution in [3.05, 3.63) is 63.6 Å². The van der Waals surface area contributed by atoms with Gasteiger partial charge in [0.15, 0.2) is 5.78 Å². The topological polar surface area (TPSA) is 74.8 Å². The molecule has 1 aliphatic rings. The minimum Gasteiger partial charge on any atom is -0.295 e. The average molecular weight is 415 g/mol. The monoisotopic (exact) mass is 414 g/mol. The summed E-state index contributed by atoms with van der Waals surface area (Å²) in [4.78, 5) is 51.0. The van der Waals surface area contributed by atoms with Gasteiger partial charge in [0.05, 0.1) is 11.1 Å². The minimum atomic E-state index is -0.446. The number of fused-ring (bicyclic) bond motifs is 1. The molecule has 3 amide bonds. The van der Waals surface area contributed by atoms with Crippen molar-refractivity contribution in [2.75, 3.05) is 11.6 Å². The quantitative estimate of drug-likeness (QED) is 0.568. The number of anilines is 1. The van der Waals surface area contributed by atoms with Gasteiger partial charge in [0.25, 0.3) is 11.8 Å². The number of Topliss-reactive ketones (excluding diaryl/α,β-unsaturated/α-hetero) is 1. The summed E-state index contributed by atoms with van der Waals surface area (Å²) in [7, 11) is 0. The molecule has 0 saturated carbocycles. The molecule has 2 aromatic carbocycles. The fraction of sp³-hybridized carbons (Fsp3) is 0.158. The van der Waals surface area contributed by atoms with Crippen LogP contribution in [-0.2, 0) is 4.79 Å². The molecule has 0 N–H and O–H groups in total. The highest BCUT2D eigenvalue weighted by atomic mass is 79.9. The summed E-state index contributed by atoms with van der Waals surface area (Å²) in [6.07, 6.45) is 0. The molecule has 6 nitrogen and oxygen atoms in total. The molecule has 0 aromatic heterocycles. The molecule has 1 aliphatic heterocycles. The lowest BCUT2D eigenvalue weighted by atomic mass is 10.1. The van der Waals surface area contributed by atoms with Gasteiger partial charge in [0.2, 0.25) is 5.91 Å². The molecular weight excluding hydrogens is 400 g/mol. The van der Waals surface area contributed by atoms with Crippen LogP contribution in [0.1, 0.15) is 44.9 Å². The maximum absolute atomic E-state index is 12.6. The number of hydrogen-bond donors (Lipinski definition) is 0. The molecule has 0 radical (unpaired) electrons. The highest BCUT2D eigenvalue weighted by molar-refractivity contribution is 9.10. The van der Waals surface area contributed by atoms with Gasteiger partial charge >= 0.3 is 0 Å². The van der Waals surface area contributed by atoms with Crippen LogP contribution in [0.4, 0.5) is 5.69 Å². The Bertz CT molecular complexity index is 937. The van der Waals surface area contributed by atoms with Crippen LogP contribution in [-0.4, -0.2) is 35.1 Å². The fourth-order valence-corrected chi connectivity index (χ4v) is 3.13. The molecule has 3 rings (SSSR count). The molecule has 1 heterocycles. The smallest absolute Gasteiger partial charge is 0.263 e. The zero-order chi connectivity index (χ0) is 19.0. The minimum absolute atomic E-state index is 0.0863. The lowest BCUT2D eigenvalue weighted by Gasteiger charge is -2.26. The molecule has 2 aromatic rings. The van der Waals surface area contributed by atoms with Crippen LogP contribution in [0, 0.1) is 0 Å². The summed E-state index contributed by atoms with van der Waals surface area (Å²) in [6, 6.07) is 11.3. The van der Waals surface area contributed by atoms with Crippen LogP contribution in [0.25, 0.3) is 0 Å². The first-order chi connectivity index (χ1) is 12.3. The number of carbonyl (C=O) groups excluding carboxylic acids is 4. The third kappa shape index (κ3) is 3.17. The lowest BCUT2D eigenvalue weighted by Crippen LogP contribution is -2.43. The molecule has 132 valence electrons. The van der Waals surface area contributed by atoms with Gasteiger partial charge < -0.3 is 0 Å². The van der Waals surface area contributed by atoms with Gasteiger partial charge in [-0.25, -0.2) is 0 Å². The van der Waals surface area contributed by atoms with Crippen molar-refractivity contribution in [1.29, 1.82) is 0 Å². The maximum Gasteiger partial charge on any atom is 0.263 e. The van der Waals surface area contributed by atoms with Crippen LogP contribution in [0.2, 0.25) is 0 Å². The van der Waals surface area contributed by atoms with Crippen LogP contribution in [0.15, 0.2) is 46.9 Å². The third-order valence-corrected chi connectivity index (χ3v) is 4.67. The number of halogens is 1. The van der Waals surface area contributed by atoms with Crippen molar-refractivity contribution >= 4 is 45.1 Å². The number of imide groups is 1. The van der Waals surface area contributed by atoms with E-state index in [1.54, 1.807) is 42.5 Å². The molecule has 0 aliphatic carbocycles. The first kappa shape index (κ1) is 18.0. The van der Waals surface area contributed by atoms with Crippen molar-refractivity contribution in [2.24, 2.45) is 0 Å². The first-order valence-corrected chi connectivity index (χ1v) is 8.63. The van der Waals surface area contributed by atoms with E-state index in [-0.39, 0.29) is 18.4 Å². The van der Waals surface area contributed by atoms with Crippen molar-refractivity contribution in [3.8, 4) is 0 Å². The zero-order valence-electron chi connectivity index (χ0n) is 14.2. The molecule has 0 saturated heterocycles. The van der Waals surface area contributed by atoms with Crippen molar-refractivity contribution in [3.63, 3.8) is 0 Å². The number of hydrogen-bond acceptors (Lipinski definition) is 4. The Labute approximate surface area is 158 Å². The van der Waals surface area contributed by atoms with Crippen LogP contribution in [0.3, 0.4) is 0 Å². The fourth-order valence-electron chi connectivity index (χ4n) is 2.77. The van der Waals surface area contributed by atoms with E-state index in [1.807, 2.05) is 0 Å². The number of carbonyl (C=O) groups is 4. The van der Waals surface area contributed by atoms with Crippen LogP contribution < -0.4 is 4.90 Å². The molecule has 0 bridgehead atoms. The predicted molar refractivity (Wildman–Crippen MR) is 99.1 cm³/mol. The van der Waals surface area contributed by atoms with Gasteiger partial charge in [-0.3, -0.25) is 29.0 Å². The van der Waals surface area contributed by atoms with Crippen molar-refractivity contribution in [1.82, 2.24) is 4.90 Å². The lowest BCUT2D eigenvalue weighted by molar-refractivity contribution is -0.116. The van der Waals surface area contributed by atoms with Gasteiger partial charge in [-0.15, -0.1) is 0 Å². The number of benzene rings is 2. The van der Waals surface area contributed by atoms with E-state index < -0.39 is 11.8 Å². The van der Waals surface area contributed by atoms with Gasteiger partial charge in [-0.2, -0.15) is 0 Å². The molecule has 0 spiro atoms. The third-order valence-electron chi connectivity index (χ3n) is 4.18. The summed E-state index contributed by atoms with van der Waals surface area (Å²) in [5, 5.41) is 0. The van der Waals surface area contributed by atoms with E-state index in [0.717, 1.165) is 4.90 Å². The summed E-state index contributed by atoms with van der Waals surface area (Å²) in [6.45, 7) is 2.61. The Kier molecular flexibility index (Phi) is 4.73. The van der Waals surface area contributed by atoms with Crippen molar-refractivity contribution in [2.45, 2.75) is 13.8 Å². The number of rotatable bonds is 4. The second kappa shape index (κ2) is 6.84. The highest BCUT2D eigenvalue weighted by Crippen LogP contribution is 2.27. The average Bonchev–Trinajstić information content (AvgIpc) is 2.83. The van der Waals surface area contributed by atoms with Gasteiger partial charge in [0.1, 0.15) is 6.67 Å². The Morgan fingerprint density at radius 1 is 0.962 bits per heavy atom. The SMILES string of the molecule is CC(=O)c1ccc(N(CN2C(=O)c3ccc(Br)cc3C2=O)C(C)=O)cc1. The Morgan fingerprint density at radius 2 is 1.58 bits per heavy atom. The highest BCUT2D eigenvalue weighted by Gasteiger charge is 2.37. The van der Waals surface area contributed by atoms with Crippen LogP contribution in [0.5, 0.6) is 0 Å². The molecule has 26 heavy (non-hydrogen) atoms. The molecule has 0 unspecified atom stereocenters. The normalized spacial score (nSPS) is 13.0. The van der Waals surface area contributed by atoms with E-state index in [4.69, 9.17) is 0 Å². The Hall–Kier alpha value is -2.80. The van der Waals surface area contributed by atoms with E-state index in [1.165, 1.54) is 18.7 Å². The number of nitrogens with zero attached hydrogens (tertiary/aromatic N) is 2. The zero-order valence-corrected chi connectivity index (χ0v) is 15.7. The van der Waals surface area contributed by atoms with E-state index in [9.17, 15) is 19.2 Å². The van der Waals surface area contributed by atoms with E-state index in [2.05, 4.69) is 15.9 Å². The standard InChI is InChI=1S/C19H15BrN2O4/c1-11(23)13-3-6-15(7-4-13)21(12(2)24)10-22-18(25)16-8-5-14(20)9-17(16)19(22)26/h3-9H,10H2,1-2H3. The Balaban J connectivity index is 1.90. The summed E-state index contributed by atoms with van der Waals surface area (Å²) < 4.78 is 0.697. The van der Waals surface area contributed by atoms with Gasteiger partial charge in [0, 0.05) is 22.6 Å². The molecule has 7 heteroatoms. The van der Waals surface area contributed by atoms with E-state index >= 15 is 0 Å². The summed E-state index contributed by atoms with van der Waals surface area (Å²) in [5.41, 5.74) is 1.64. The van der Waals surface area contributed by atoms with Gasteiger partial charge in [-0.05, 0) is 49.4 Å². The number of ketones is 1. The molecular formula is C19H15BrN2O4. The summed E-state index contributed by atoms with van der Waals surface area (Å²) >= 11 is 3.29. The second-order valence-electron chi connectivity index (χ2n) is 5.92.